The molecule has 0 atom stereocenters. The van der Waals surface area contributed by atoms with E-state index in [2.05, 4.69) is 215 Å². The summed E-state index contributed by atoms with van der Waals surface area (Å²) in [6.07, 6.45) is 6.52. The number of fused-ring (bicyclic) bond motifs is 31. The highest BCUT2D eigenvalue weighted by molar-refractivity contribution is 7.01. The number of hydrogen-bond acceptors (Lipinski definition) is 0. The molecule has 0 saturated heterocycles. The summed E-state index contributed by atoms with van der Waals surface area (Å²) < 4.78 is 5.41. The standard InChI is InChI=1S/C72H45BN2/c1-2-17-40(18-3-1)41-33-35-60-57(37-41)67-65-52-29-14-11-23-46(52)43-20-5-8-26-49(43)55(65)38-58-71(67)74(60)62-31-16-32-63-70(62)73(58)59-39-56-50-27-9-6-21-44(50)47-24-12-15-30-53(47)66(56)69-68-61(75(63)72(59)69)36-34-54-48-25-7-4-19-42(48)45-22-10-13-28-51(45)64(54)68/h4-16,19-40H,1-3,17-18H2. The van der Waals surface area contributed by atoms with E-state index in [4.69, 9.17) is 0 Å². The summed E-state index contributed by atoms with van der Waals surface area (Å²) in [6.45, 7) is -0.0410. The molecule has 19 rings (SSSR count). The van der Waals surface area contributed by atoms with E-state index in [9.17, 15) is 0 Å². The van der Waals surface area contributed by atoms with Gasteiger partial charge in [-0.1, -0.05) is 195 Å². The summed E-state index contributed by atoms with van der Waals surface area (Å²) >= 11 is 0. The average molecular weight is 949 g/mol. The van der Waals surface area contributed by atoms with Crippen molar-refractivity contribution in [3.8, 4) is 11.4 Å². The second-order valence-corrected chi connectivity index (χ2v) is 22.3. The smallest absolute Gasteiger partial charge is 0.252 e. The molecule has 2 aliphatic heterocycles. The van der Waals surface area contributed by atoms with Crippen molar-refractivity contribution < 1.29 is 0 Å². The fraction of sp³-hybridized carbons (Fsp3) is 0.0833. The fourth-order valence-corrected chi connectivity index (χ4v) is 16.1. The first kappa shape index (κ1) is 39.6. The highest BCUT2D eigenvalue weighted by atomic mass is 15.0. The van der Waals surface area contributed by atoms with Gasteiger partial charge in [-0.2, -0.15) is 0 Å². The maximum Gasteiger partial charge on any atom is 0.252 e. The maximum atomic E-state index is 2.71. The number of nitrogens with zero attached hydrogens (tertiary/aromatic N) is 2. The predicted octanol–water partition coefficient (Wildman–Crippen LogP) is 17.5. The zero-order valence-corrected chi connectivity index (χ0v) is 41.2. The minimum atomic E-state index is -0.0410. The lowest BCUT2D eigenvalue weighted by molar-refractivity contribution is 0.444. The average Bonchev–Trinajstić information content (AvgIpc) is 4.23. The Kier molecular flexibility index (Phi) is 7.40. The number of rotatable bonds is 1. The summed E-state index contributed by atoms with van der Waals surface area (Å²) in [5.41, 5.74) is 13.5. The molecule has 1 fully saturated rings. The van der Waals surface area contributed by atoms with Gasteiger partial charge >= 0.3 is 0 Å². The first-order valence-electron chi connectivity index (χ1n) is 27.3. The maximum absolute atomic E-state index is 2.71. The van der Waals surface area contributed by atoms with Gasteiger partial charge in [-0.15, -0.1) is 0 Å². The molecule has 0 N–H and O–H groups in total. The van der Waals surface area contributed by atoms with Crippen LogP contribution in [0.2, 0.25) is 0 Å². The summed E-state index contributed by atoms with van der Waals surface area (Å²) in [5, 5.41) is 29.2. The third-order valence-electron chi connectivity index (χ3n) is 19.0. The van der Waals surface area contributed by atoms with Crippen LogP contribution >= 0.6 is 0 Å². The van der Waals surface area contributed by atoms with Gasteiger partial charge in [-0.05, 0) is 152 Å². The van der Waals surface area contributed by atoms with Crippen molar-refractivity contribution in [1.29, 1.82) is 0 Å². The van der Waals surface area contributed by atoms with Crippen LogP contribution in [0.1, 0.15) is 43.6 Å². The van der Waals surface area contributed by atoms with E-state index < -0.39 is 0 Å². The van der Waals surface area contributed by atoms with Crippen molar-refractivity contribution in [3.05, 3.63) is 212 Å². The molecule has 1 saturated carbocycles. The van der Waals surface area contributed by atoms with Gasteiger partial charge in [-0.25, -0.2) is 0 Å². The largest absolute Gasteiger partial charge is 0.310 e. The number of aromatic nitrogens is 2. The molecule has 0 bridgehead atoms. The van der Waals surface area contributed by atoms with Crippen LogP contribution in [-0.4, -0.2) is 15.8 Å². The second kappa shape index (κ2) is 14.0. The molecule has 0 amide bonds. The molecule has 2 aromatic heterocycles. The first-order valence-corrected chi connectivity index (χ1v) is 27.3. The van der Waals surface area contributed by atoms with E-state index in [0.29, 0.717) is 5.92 Å². The van der Waals surface area contributed by atoms with Gasteiger partial charge in [0.05, 0.1) is 22.1 Å². The van der Waals surface area contributed by atoms with Gasteiger partial charge in [0.2, 0.25) is 0 Å². The molecular formula is C72H45BN2. The van der Waals surface area contributed by atoms with E-state index >= 15 is 0 Å². The van der Waals surface area contributed by atoms with E-state index in [-0.39, 0.29) is 6.71 Å². The van der Waals surface area contributed by atoms with Crippen molar-refractivity contribution in [2.45, 2.75) is 38.0 Å². The molecular weight excluding hydrogens is 904 g/mol. The van der Waals surface area contributed by atoms with E-state index in [1.54, 1.807) is 0 Å². The molecule has 1 aliphatic carbocycles. The highest BCUT2D eigenvalue weighted by Gasteiger charge is 2.42. The van der Waals surface area contributed by atoms with Crippen LogP contribution in [0, 0.1) is 0 Å². The Hall–Kier alpha value is -8.92. The van der Waals surface area contributed by atoms with Crippen LogP contribution in [0.15, 0.2) is 206 Å². The fourth-order valence-electron chi connectivity index (χ4n) is 16.1. The lowest BCUT2D eigenvalue weighted by Crippen LogP contribution is -2.59. The molecule has 14 aromatic carbocycles. The van der Waals surface area contributed by atoms with Gasteiger partial charge in [0.15, 0.2) is 0 Å². The zero-order valence-electron chi connectivity index (χ0n) is 41.2. The predicted molar refractivity (Wildman–Crippen MR) is 323 cm³/mol. The third kappa shape index (κ3) is 4.77. The third-order valence-corrected chi connectivity index (χ3v) is 19.0. The van der Waals surface area contributed by atoms with Gasteiger partial charge in [0.25, 0.3) is 6.71 Å². The van der Waals surface area contributed by atoms with Crippen molar-refractivity contribution in [2.24, 2.45) is 0 Å². The van der Waals surface area contributed by atoms with Gasteiger partial charge < -0.3 is 9.13 Å². The Morgan fingerprint density at radius 2 is 0.693 bits per heavy atom. The Morgan fingerprint density at radius 1 is 0.293 bits per heavy atom. The molecule has 0 radical (unpaired) electrons. The molecule has 4 heterocycles. The van der Waals surface area contributed by atoms with Crippen LogP contribution in [0.3, 0.4) is 0 Å². The molecule has 2 nitrogen and oxygen atoms in total. The quantitative estimate of drug-likeness (QED) is 0.115. The highest BCUT2D eigenvalue weighted by Crippen LogP contribution is 2.51. The van der Waals surface area contributed by atoms with Crippen LogP contribution in [0.4, 0.5) is 0 Å². The first-order chi connectivity index (χ1) is 37.3. The Balaban J connectivity index is 1.08. The summed E-state index contributed by atoms with van der Waals surface area (Å²) in [5.74, 6) is 0.592. The van der Waals surface area contributed by atoms with Gasteiger partial charge in [0.1, 0.15) is 0 Å². The van der Waals surface area contributed by atoms with Crippen LogP contribution in [0.5, 0.6) is 0 Å². The Labute approximate surface area is 431 Å². The molecule has 0 unspecified atom stereocenters. The molecule has 3 heteroatoms. The van der Waals surface area contributed by atoms with Crippen molar-refractivity contribution in [3.63, 3.8) is 0 Å². The molecule has 0 spiro atoms. The van der Waals surface area contributed by atoms with Crippen molar-refractivity contribution in [2.75, 3.05) is 0 Å². The van der Waals surface area contributed by atoms with Gasteiger partial charge in [0, 0.05) is 49.1 Å². The number of benzene rings is 14. The minimum Gasteiger partial charge on any atom is -0.310 e. The van der Waals surface area contributed by atoms with E-state index in [1.165, 1.54) is 206 Å². The van der Waals surface area contributed by atoms with Gasteiger partial charge in [-0.3, -0.25) is 0 Å². The summed E-state index contributed by atoms with van der Waals surface area (Å²) in [7, 11) is 0. The Bertz CT molecular complexity index is 5320. The molecule has 16 aromatic rings. The van der Waals surface area contributed by atoms with Crippen LogP contribution in [-0.2, 0) is 0 Å². The zero-order chi connectivity index (χ0) is 48.4. The Morgan fingerprint density at radius 3 is 1.21 bits per heavy atom. The summed E-state index contributed by atoms with van der Waals surface area (Å²) in [4.78, 5) is 0. The normalized spacial score (nSPS) is 14.6. The van der Waals surface area contributed by atoms with Crippen LogP contribution in [0.25, 0.3) is 152 Å². The lowest BCUT2D eigenvalue weighted by atomic mass is 9.34. The summed E-state index contributed by atoms with van der Waals surface area (Å²) in [6, 6.07) is 80.3. The monoisotopic (exact) mass is 948 g/mol. The second-order valence-electron chi connectivity index (χ2n) is 22.3. The van der Waals surface area contributed by atoms with E-state index in [1.807, 2.05) is 0 Å². The molecule has 3 aliphatic rings. The van der Waals surface area contributed by atoms with Crippen molar-refractivity contribution in [1.82, 2.24) is 9.13 Å². The van der Waals surface area contributed by atoms with E-state index in [0.717, 1.165) is 0 Å². The van der Waals surface area contributed by atoms with Crippen molar-refractivity contribution >= 4 is 164 Å². The SMILES string of the molecule is c1cc2c3c(c1)-n1c4ccc5c6ccccc6c6ccccc6c5c4c4c5c6ccccc6c6ccccc6c5cc(c41)B3c1cc3c4ccccc4c4ccccc4c3c3c4cc(C5CCCCC5)ccc4n-2c13. The van der Waals surface area contributed by atoms with Crippen LogP contribution < -0.4 is 16.4 Å². The topological polar surface area (TPSA) is 9.86 Å². The number of hydrogen-bond donors (Lipinski definition) is 0. The lowest BCUT2D eigenvalue weighted by Gasteiger charge is -2.34. The molecule has 75 heavy (non-hydrogen) atoms. The minimum absolute atomic E-state index is 0.0410. The molecule has 346 valence electrons.